The minimum atomic E-state index is -3.12. The summed E-state index contributed by atoms with van der Waals surface area (Å²) in [7, 11) is -3.12. The van der Waals surface area contributed by atoms with E-state index in [4.69, 9.17) is 0 Å². The van der Waals surface area contributed by atoms with Crippen molar-refractivity contribution in [2.24, 2.45) is 5.10 Å². The van der Waals surface area contributed by atoms with Gasteiger partial charge in [0, 0.05) is 19.0 Å². The molecule has 9 heteroatoms. The number of pyridine rings is 1. The predicted molar refractivity (Wildman–Crippen MR) is 86.7 cm³/mol. The van der Waals surface area contributed by atoms with Gasteiger partial charge in [-0.15, -0.1) is 0 Å². The lowest BCUT2D eigenvalue weighted by atomic mass is 10.1. The van der Waals surface area contributed by atoms with E-state index in [-0.39, 0.29) is 48.4 Å². The Morgan fingerprint density at radius 2 is 2.17 bits per heavy atom. The number of aromatic nitrogens is 1. The second kappa shape index (κ2) is 6.68. The van der Waals surface area contributed by atoms with E-state index in [2.05, 4.69) is 15.4 Å². The van der Waals surface area contributed by atoms with Crippen molar-refractivity contribution in [3.8, 4) is 0 Å². The summed E-state index contributed by atoms with van der Waals surface area (Å²) in [6.07, 6.45) is 2.41. The van der Waals surface area contributed by atoms with Crippen LogP contribution in [-0.4, -0.2) is 53.5 Å². The molecule has 0 bridgehead atoms. The van der Waals surface area contributed by atoms with E-state index < -0.39 is 15.9 Å². The van der Waals surface area contributed by atoms with E-state index >= 15 is 0 Å². The van der Waals surface area contributed by atoms with E-state index in [9.17, 15) is 18.0 Å². The van der Waals surface area contributed by atoms with E-state index in [1.807, 2.05) is 6.07 Å². The van der Waals surface area contributed by atoms with Crippen molar-refractivity contribution < 1.29 is 18.0 Å². The molecule has 0 spiro atoms. The Morgan fingerprint density at radius 1 is 1.33 bits per heavy atom. The summed E-state index contributed by atoms with van der Waals surface area (Å²) in [5, 5.41) is 8.03. The van der Waals surface area contributed by atoms with Gasteiger partial charge in [-0.25, -0.2) is 13.4 Å². The van der Waals surface area contributed by atoms with Crippen LogP contribution in [0.3, 0.4) is 0 Å². The van der Waals surface area contributed by atoms with Gasteiger partial charge in [-0.05, 0) is 18.6 Å². The molecule has 3 rings (SSSR count). The van der Waals surface area contributed by atoms with Crippen LogP contribution < -0.4 is 5.32 Å². The summed E-state index contributed by atoms with van der Waals surface area (Å²) < 4.78 is 23.2. The van der Waals surface area contributed by atoms with Gasteiger partial charge in [0.2, 0.25) is 5.91 Å². The number of hydrazone groups is 1. The summed E-state index contributed by atoms with van der Waals surface area (Å²) >= 11 is 0. The zero-order valence-corrected chi connectivity index (χ0v) is 13.8. The number of hydrogen-bond acceptors (Lipinski definition) is 6. The van der Waals surface area contributed by atoms with E-state index in [1.165, 1.54) is 5.01 Å². The Morgan fingerprint density at radius 3 is 2.83 bits per heavy atom. The molecule has 2 aliphatic heterocycles. The molecule has 8 nitrogen and oxygen atoms in total. The molecule has 128 valence electrons. The monoisotopic (exact) mass is 350 g/mol. The van der Waals surface area contributed by atoms with Gasteiger partial charge in [-0.1, -0.05) is 6.07 Å². The minimum Gasteiger partial charge on any atom is -0.345 e. The summed E-state index contributed by atoms with van der Waals surface area (Å²) in [6, 6.07) is 4.94. The van der Waals surface area contributed by atoms with Crippen LogP contribution in [0.25, 0.3) is 0 Å². The highest BCUT2D eigenvalue weighted by Gasteiger charge is 2.37. The first-order valence-corrected chi connectivity index (χ1v) is 9.55. The average molecular weight is 350 g/mol. The van der Waals surface area contributed by atoms with Crippen LogP contribution in [0.5, 0.6) is 0 Å². The zero-order valence-electron chi connectivity index (χ0n) is 13.0. The van der Waals surface area contributed by atoms with Crippen LogP contribution in [0.1, 0.15) is 25.0 Å². The maximum Gasteiger partial charge on any atom is 0.267 e. The maximum absolute atomic E-state index is 12.2. The Labute approximate surface area is 139 Å². The van der Waals surface area contributed by atoms with Crippen molar-refractivity contribution in [3.63, 3.8) is 0 Å². The molecule has 0 aliphatic carbocycles. The van der Waals surface area contributed by atoms with Gasteiger partial charge in [0.15, 0.2) is 9.84 Å². The molecule has 1 aromatic rings. The van der Waals surface area contributed by atoms with E-state index in [0.29, 0.717) is 6.42 Å². The summed E-state index contributed by atoms with van der Waals surface area (Å²) in [5.41, 5.74) is 0.965. The molecule has 0 saturated carbocycles. The summed E-state index contributed by atoms with van der Waals surface area (Å²) in [5.74, 6) is -0.638. The van der Waals surface area contributed by atoms with Crippen molar-refractivity contribution >= 4 is 27.4 Å². The van der Waals surface area contributed by atoms with E-state index in [0.717, 1.165) is 5.69 Å². The molecule has 2 aliphatic rings. The number of nitrogens with one attached hydrogen (secondary N) is 1. The number of rotatable bonds is 4. The Balaban J connectivity index is 1.67. The van der Waals surface area contributed by atoms with Crippen molar-refractivity contribution in [1.29, 1.82) is 0 Å². The predicted octanol–water partition coefficient (Wildman–Crippen LogP) is -0.137. The normalized spacial score (nSPS) is 23.0. The van der Waals surface area contributed by atoms with Crippen molar-refractivity contribution in [2.45, 2.75) is 31.8 Å². The first-order valence-electron chi connectivity index (χ1n) is 7.73. The van der Waals surface area contributed by atoms with Gasteiger partial charge in [0.1, 0.15) is 5.71 Å². The van der Waals surface area contributed by atoms with Gasteiger partial charge < -0.3 is 5.32 Å². The topological polar surface area (TPSA) is 109 Å². The molecule has 1 atom stereocenters. The fourth-order valence-corrected chi connectivity index (χ4v) is 4.46. The first kappa shape index (κ1) is 16.6. The quantitative estimate of drug-likeness (QED) is 0.813. The number of hydrogen-bond donors (Lipinski definition) is 1. The molecule has 1 saturated heterocycles. The minimum absolute atomic E-state index is 0.0537. The van der Waals surface area contributed by atoms with Gasteiger partial charge in [-0.2, -0.15) is 5.10 Å². The third-order valence-corrected chi connectivity index (χ3v) is 5.78. The van der Waals surface area contributed by atoms with Gasteiger partial charge in [-0.3, -0.25) is 14.6 Å². The van der Waals surface area contributed by atoms with Gasteiger partial charge in [0.05, 0.1) is 29.8 Å². The number of amides is 2. The molecular weight excluding hydrogens is 332 g/mol. The lowest BCUT2D eigenvalue weighted by Crippen LogP contribution is -2.43. The van der Waals surface area contributed by atoms with Crippen LogP contribution in [0.2, 0.25) is 0 Å². The highest BCUT2D eigenvalue weighted by Crippen LogP contribution is 2.22. The third kappa shape index (κ3) is 3.78. The summed E-state index contributed by atoms with van der Waals surface area (Å²) in [4.78, 5) is 28.4. The van der Waals surface area contributed by atoms with Crippen molar-refractivity contribution in [1.82, 2.24) is 15.3 Å². The molecule has 24 heavy (non-hydrogen) atoms. The number of nitrogens with zero attached hydrogens (tertiary/aromatic N) is 3. The molecule has 2 amide bonds. The molecule has 1 N–H and O–H groups in total. The Hall–Kier alpha value is -2.29. The first-order chi connectivity index (χ1) is 11.4. The van der Waals surface area contributed by atoms with Gasteiger partial charge >= 0.3 is 0 Å². The highest BCUT2D eigenvalue weighted by molar-refractivity contribution is 7.91. The molecular formula is C15H18N4O4S. The Bertz CT molecular complexity index is 776. The fraction of sp³-hybridized carbons (Fsp3) is 0.467. The molecule has 0 radical (unpaired) electrons. The van der Waals surface area contributed by atoms with Crippen LogP contribution in [-0.2, 0) is 26.0 Å². The highest BCUT2D eigenvalue weighted by atomic mass is 32.2. The number of carbonyl (C=O) groups excluding carboxylic acids is 2. The molecule has 0 aromatic carbocycles. The molecule has 1 unspecified atom stereocenters. The SMILES string of the molecule is O=C(NCc1ccccn1)C1=NN(C2CCS(=O)(=O)C2)C(=O)CC1. The summed E-state index contributed by atoms with van der Waals surface area (Å²) in [6.45, 7) is 0.268. The maximum atomic E-state index is 12.2. The second-order valence-electron chi connectivity index (χ2n) is 5.85. The Kier molecular flexibility index (Phi) is 4.61. The van der Waals surface area contributed by atoms with Crippen LogP contribution in [0.15, 0.2) is 29.5 Å². The molecule has 1 aromatic heterocycles. The number of sulfone groups is 1. The zero-order chi connectivity index (χ0) is 17.2. The third-order valence-electron chi connectivity index (χ3n) is 4.03. The lowest BCUT2D eigenvalue weighted by molar-refractivity contribution is -0.133. The average Bonchev–Trinajstić information content (AvgIpc) is 2.94. The molecule has 1 fully saturated rings. The largest absolute Gasteiger partial charge is 0.345 e. The lowest BCUT2D eigenvalue weighted by Gasteiger charge is -2.27. The number of carbonyl (C=O) groups is 2. The van der Waals surface area contributed by atoms with Crippen LogP contribution >= 0.6 is 0 Å². The van der Waals surface area contributed by atoms with E-state index in [1.54, 1.807) is 18.3 Å². The van der Waals surface area contributed by atoms with Crippen molar-refractivity contribution in [3.05, 3.63) is 30.1 Å². The molecule has 3 heterocycles. The van der Waals surface area contributed by atoms with Crippen LogP contribution in [0.4, 0.5) is 0 Å². The fourth-order valence-electron chi connectivity index (χ4n) is 2.76. The smallest absolute Gasteiger partial charge is 0.267 e. The van der Waals surface area contributed by atoms with Gasteiger partial charge in [0.25, 0.3) is 5.91 Å². The van der Waals surface area contributed by atoms with Crippen molar-refractivity contribution in [2.75, 3.05) is 11.5 Å². The second-order valence-corrected chi connectivity index (χ2v) is 8.07. The van der Waals surface area contributed by atoms with Crippen LogP contribution in [0, 0.1) is 0 Å². The standard InChI is InChI=1S/C15H18N4O4S/c20-14-5-4-13(15(21)17-9-11-3-1-2-7-16-11)18-19(14)12-6-8-24(22,23)10-12/h1-3,7,12H,4-6,8-10H2,(H,17,21).